The molecule has 0 radical (unpaired) electrons. The zero-order valence-electron chi connectivity index (χ0n) is 13.9. The van der Waals surface area contributed by atoms with Gasteiger partial charge in [0.25, 0.3) is 5.91 Å². The number of aryl methyl sites for hydroxylation is 2. The maximum atomic E-state index is 12.1. The third-order valence-corrected chi connectivity index (χ3v) is 3.52. The minimum atomic E-state index is -0.672. The molecule has 0 saturated heterocycles. The fourth-order valence-electron chi connectivity index (χ4n) is 2.16. The highest BCUT2D eigenvalue weighted by atomic mass is 16.3. The number of carbonyl (C=O) groups is 1. The van der Waals surface area contributed by atoms with Crippen LogP contribution in [0.4, 0.5) is 0 Å². The number of nitrogens with zero attached hydrogens (tertiary/aromatic N) is 2. The van der Waals surface area contributed by atoms with E-state index in [2.05, 4.69) is 20.5 Å². The summed E-state index contributed by atoms with van der Waals surface area (Å²) < 4.78 is 0. The van der Waals surface area contributed by atoms with Gasteiger partial charge in [0, 0.05) is 18.5 Å². The summed E-state index contributed by atoms with van der Waals surface area (Å²) in [4.78, 5) is 16.3. The first-order valence-corrected chi connectivity index (χ1v) is 7.81. The standard InChI is InChI=1S/C17H24N4O2/c1-12-19-15(21-20-12)9-11-18-16(22)14-6-4-13(5-7-14)8-10-17(2,3)23/h4-7,23H,8-11H2,1-3H3,(H,18,22)(H,19,20,21). The van der Waals surface area contributed by atoms with Crippen molar-refractivity contribution in [1.82, 2.24) is 20.5 Å². The van der Waals surface area contributed by atoms with Crippen LogP contribution in [0.2, 0.25) is 0 Å². The number of carbonyl (C=O) groups excluding carboxylic acids is 1. The highest BCUT2D eigenvalue weighted by Gasteiger charge is 2.12. The summed E-state index contributed by atoms with van der Waals surface area (Å²) in [7, 11) is 0. The summed E-state index contributed by atoms with van der Waals surface area (Å²) in [6.07, 6.45) is 2.07. The number of nitrogens with one attached hydrogen (secondary N) is 2. The van der Waals surface area contributed by atoms with E-state index in [0.29, 0.717) is 30.8 Å². The molecule has 0 spiro atoms. The molecule has 0 saturated carbocycles. The van der Waals surface area contributed by atoms with Crippen molar-refractivity contribution >= 4 is 5.91 Å². The minimum absolute atomic E-state index is 0.105. The zero-order valence-corrected chi connectivity index (χ0v) is 13.9. The topological polar surface area (TPSA) is 90.9 Å². The zero-order chi connectivity index (χ0) is 16.9. The Kier molecular flexibility index (Phi) is 5.50. The van der Waals surface area contributed by atoms with Crippen molar-refractivity contribution in [3.63, 3.8) is 0 Å². The van der Waals surface area contributed by atoms with Crippen molar-refractivity contribution in [2.45, 2.75) is 45.6 Å². The first kappa shape index (κ1) is 17.1. The quantitative estimate of drug-likeness (QED) is 0.726. The second kappa shape index (κ2) is 7.37. The number of aromatic nitrogens is 3. The molecular weight excluding hydrogens is 292 g/mol. The molecule has 0 aliphatic carbocycles. The molecule has 0 unspecified atom stereocenters. The van der Waals surface area contributed by atoms with Crippen LogP contribution in [0.3, 0.4) is 0 Å². The number of H-pyrrole nitrogens is 1. The Hall–Kier alpha value is -2.21. The summed E-state index contributed by atoms with van der Waals surface area (Å²) in [5.74, 6) is 1.36. The highest BCUT2D eigenvalue weighted by molar-refractivity contribution is 5.94. The van der Waals surface area contributed by atoms with Crippen LogP contribution in [0, 0.1) is 6.92 Å². The van der Waals surface area contributed by atoms with Gasteiger partial charge in [-0.15, -0.1) is 0 Å². The predicted molar refractivity (Wildman–Crippen MR) is 88.2 cm³/mol. The van der Waals surface area contributed by atoms with Gasteiger partial charge in [0.15, 0.2) is 5.82 Å². The molecular formula is C17H24N4O2. The van der Waals surface area contributed by atoms with Crippen LogP contribution >= 0.6 is 0 Å². The molecule has 2 rings (SSSR count). The number of hydrogen-bond acceptors (Lipinski definition) is 4. The molecule has 23 heavy (non-hydrogen) atoms. The molecule has 0 bridgehead atoms. The Morgan fingerprint density at radius 2 is 1.96 bits per heavy atom. The maximum absolute atomic E-state index is 12.1. The van der Waals surface area contributed by atoms with Gasteiger partial charge in [0.1, 0.15) is 5.82 Å². The van der Waals surface area contributed by atoms with Gasteiger partial charge in [-0.05, 0) is 51.3 Å². The van der Waals surface area contributed by atoms with E-state index in [-0.39, 0.29) is 5.91 Å². The summed E-state index contributed by atoms with van der Waals surface area (Å²) in [5, 5.41) is 19.4. The Balaban J connectivity index is 1.80. The Bertz CT molecular complexity index is 641. The van der Waals surface area contributed by atoms with E-state index in [1.165, 1.54) is 0 Å². The molecule has 2 aromatic rings. The Morgan fingerprint density at radius 3 is 2.52 bits per heavy atom. The Morgan fingerprint density at radius 1 is 1.26 bits per heavy atom. The lowest BCUT2D eigenvalue weighted by Crippen LogP contribution is -2.26. The van der Waals surface area contributed by atoms with Gasteiger partial charge < -0.3 is 10.4 Å². The summed E-state index contributed by atoms with van der Waals surface area (Å²) in [6, 6.07) is 7.48. The average molecular weight is 316 g/mol. The van der Waals surface area contributed by atoms with E-state index in [4.69, 9.17) is 0 Å². The maximum Gasteiger partial charge on any atom is 0.251 e. The van der Waals surface area contributed by atoms with Gasteiger partial charge in [0.2, 0.25) is 0 Å². The van der Waals surface area contributed by atoms with Crippen molar-refractivity contribution in [3.05, 3.63) is 47.0 Å². The second-order valence-electron chi connectivity index (χ2n) is 6.35. The van der Waals surface area contributed by atoms with Crippen LogP contribution in [-0.2, 0) is 12.8 Å². The van der Waals surface area contributed by atoms with E-state index in [1.807, 2.05) is 31.2 Å². The smallest absolute Gasteiger partial charge is 0.251 e. The first-order chi connectivity index (χ1) is 10.8. The van der Waals surface area contributed by atoms with Crippen molar-refractivity contribution in [2.24, 2.45) is 0 Å². The number of hydrogen-bond donors (Lipinski definition) is 3. The number of rotatable bonds is 7. The molecule has 124 valence electrons. The number of benzene rings is 1. The summed E-state index contributed by atoms with van der Waals surface area (Å²) in [6.45, 7) is 5.93. The number of aromatic amines is 1. The van der Waals surface area contributed by atoms with Crippen LogP contribution in [0.25, 0.3) is 0 Å². The van der Waals surface area contributed by atoms with Crippen LogP contribution in [-0.4, -0.2) is 38.3 Å². The van der Waals surface area contributed by atoms with Crippen LogP contribution in [0.1, 0.15) is 47.8 Å². The molecule has 1 heterocycles. The molecule has 0 aliphatic rings. The lowest BCUT2D eigenvalue weighted by molar-refractivity contribution is 0.0713. The minimum Gasteiger partial charge on any atom is -0.390 e. The first-order valence-electron chi connectivity index (χ1n) is 7.81. The highest BCUT2D eigenvalue weighted by Crippen LogP contribution is 2.13. The van der Waals surface area contributed by atoms with Gasteiger partial charge >= 0.3 is 0 Å². The molecule has 0 atom stereocenters. The molecule has 1 aromatic carbocycles. The van der Waals surface area contributed by atoms with Crippen molar-refractivity contribution < 1.29 is 9.90 Å². The normalized spacial score (nSPS) is 11.5. The molecule has 0 fully saturated rings. The SMILES string of the molecule is Cc1nc(CCNC(=O)c2ccc(CCC(C)(C)O)cc2)n[nH]1. The van der Waals surface area contributed by atoms with Gasteiger partial charge in [-0.25, -0.2) is 4.98 Å². The predicted octanol–water partition coefficient (Wildman–Crippen LogP) is 1.79. The third kappa shape index (κ3) is 5.83. The lowest BCUT2D eigenvalue weighted by atomic mass is 9.98. The summed E-state index contributed by atoms with van der Waals surface area (Å²) >= 11 is 0. The van der Waals surface area contributed by atoms with E-state index >= 15 is 0 Å². The molecule has 6 nitrogen and oxygen atoms in total. The van der Waals surface area contributed by atoms with Crippen LogP contribution < -0.4 is 5.32 Å². The third-order valence-electron chi connectivity index (χ3n) is 3.52. The van der Waals surface area contributed by atoms with E-state index in [9.17, 15) is 9.90 Å². The van der Waals surface area contributed by atoms with Crippen molar-refractivity contribution in [2.75, 3.05) is 6.54 Å². The van der Waals surface area contributed by atoms with Gasteiger partial charge in [0.05, 0.1) is 5.60 Å². The Labute approximate surface area is 136 Å². The van der Waals surface area contributed by atoms with E-state index in [1.54, 1.807) is 13.8 Å². The van der Waals surface area contributed by atoms with Crippen molar-refractivity contribution in [3.8, 4) is 0 Å². The number of aliphatic hydroxyl groups is 1. The van der Waals surface area contributed by atoms with Crippen LogP contribution in [0.15, 0.2) is 24.3 Å². The largest absolute Gasteiger partial charge is 0.390 e. The van der Waals surface area contributed by atoms with Crippen LogP contribution in [0.5, 0.6) is 0 Å². The molecule has 3 N–H and O–H groups in total. The van der Waals surface area contributed by atoms with E-state index < -0.39 is 5.60 Å². The molecule has 6 heteroatoms. The average Bonchev–Trinajstić information content (AvgIpc) is 2.90. The second-order valence-corrected chi connectivity index (χ2v) is 6.35. The number of amides is 1. The van der Waals surface area contributed by atoms with Gasteiger partial charge in [-0.2, -0.15) is 5.10 Å². The fraction of sp³-hybridized carbons (Fsp3) is 0.471. The monoisotopic (exact) mass is 316 g/mol. The van der Waals surface area contributed by atoms with Gasteiger partial charge in [-0.1, -0.05) is 12.1 Å². The summed E-state index contributed by atoms with van der Waals surface area (Å²) in [5.41, 5.74) is 1.07. The molecule has 0 aliphatic heterocycles. The van der Waals surface area contributed by atoms with Crippen molar-refractivity contribution in [1.29, 1.82) is 0 Å². The fourth-order valence-corrected chi connectivity index (χ4v) is 2.16. The van der Waals surface area contributed by atoms with Gasteiger partial charge in [-0.3, -0.25) is 9.89 Å². The molecule has 1 aromatic heterocycles. The lowest BCUT2D eigenvalue weighted by Gasteiger charge is -2.16. The van der Waals surface area contributed by atoms with E-state index in [0.717, 1.165) is 17.8 Å². The molecule has 1 amide bonds.